The molecule has 0 fully saturated rings. The zero-order valence-electron chi connectivity index (χ0n) is 18.2. The summed E-state index contributed by atoms with van der Waals surface area (Å²) in [5, 5.41) is 25.3. The van der Waals surface area contributed by atoms with E-state index in [1.165, 1.54) is 0 Å². The SMILES string of the molecule is COc1cccnc1CN1N=C(c2ccc(Cl)cc2)c2c(sc(C)c2C)N(C(C)=N)C1=N. The van der Waals surface area contributed by atoms with E-state index < -0.39 is 0 Å². The Morgan fingerprint density at radius 1 is 1.19 bits per heavy atom. The smallest absolute Gasteiger partial charge is 0.225 e. The Morgan fingerprint density at radius 2 is 1.91 bits per heavy atom. The number of nitrogens with zero attached hydrogens (tertiary/aromatic N) is 4. The van der Waals surface area contributed by atoms with Gasteiger partial charge < -0.3 is 4.74 Å². The van der Waals surface area contributed by atoms with Gasteiger partial charge in [0.1, 0.15) is 28.0 Å². The minimum atomic E-state index is 0.0802. The fourth-order valence-electron chi connectivity index (χ4n) is 3.58. The number of ether oxygens (including phenoxy) is 1. The number of aryl methyl sites for hydroxylation is 1. The summed E-state index contributed by atoms with van der Waals surface area (Å²) in [4.78, 5) is 7.18. The van der Waals surface area contributed by atoms with Gasteiger partial charge in [0.05, 0.1) is 13.7 Å². The molecule has 2 aromatic heterocycles. The lowest BCUT2D eigenvalue weighted by Crippen LogP contribution is -2.42. The molecule has 32 heavy (non-hydrogen) atoms. The molecule has 0 spiro atoms. The molecule has 0 aliphatic carbocycles. The van der Waals surface area contributed by atoms with Crippen LogP contribution in [0.3, 0.4) is 0 Å². The molecule has 1 aliphatic heterocycles. The second-order valence-electron chi connectivity index (χ2n) is 7.37. The van der Waals surface area contributed by atoms with Crippen LogP contribution in [0.5, 0.6) is 5.75 Å². The van der Waals surface area contributed by atoms with E-state index in [9.17, 15) is 0 Å². The Balaban J connectivity index is 1.94. The average molecular weight is 467 g/mol. The number of guanidine groups is 1. The number of methoxy groups -OCH3 is 1. The lowest BCUT2D eigenvalue weighted by atomic mass is 10.00. The van der Waals surface area contributed by atoms with Gasteiger partial charge in [0.15, 0.2) is 0 Å². The van der Waals surface area contributed by atoms with E-state index in [1.807, 2.05) is 37.3 Å². The molecule has 0 saturated carbocycles. The van der Waals surface area contributed by atoms with Gasteiger partial charge in [-0.1, -0.05) is 23.7 Å². The minimum Gasteiger partial charge on any atom is -0.495 e. The maximum Gasteiger partial charge on any atom is 0.225 e. The summed E-state index contributed by atoms with van der Waals surface area (Å²) < 4.78 is 5.46. The molecule has 0 saturated heterocycles. The van der Waals surface area contributed by atoms with Gasteiger partial charge in [0.25, 0.3) is 0 Å². The topological polar surface area (TPSA) is 88.7 Å². The van der Waals surface area contributed by atoms with Crippen molar-refractivity contribution in [3.63, 3.8) is 0 Å². The van der Waals surface area contributed by atoms with Gasteiger partial charge in [-0.05, 0) is 50.6 Å². The van der Waals surface area contributed by atoms with Crippen molar-refractivity contribution < 1.29 is 4.74 Å². The van der Waals surface area contributed by atoms with Crippen LogP contribution in [0, 0.1) is 24.7 Å². The van der Waals surface area contributed by atoms with Crippen LogP contribution in [-0.2, 0) is 6.54 Å². The third-order valence-electron chi connectivity index (χ3n) is 5.30. The molecule has 0 amide bonds. The largest absolute Gasteiger partial charge is 0.495 e. The predicted molar refractivity (Wildman–Crippen MR) is 131 cm³/mol. The second kappa shape index (κ2) is 8.72. The fraction of sp³-hybridized carbons (Fsp3) is 0.217. The molecule has 2 N–H and O–H groups in total. The highest BCUT2D eigenvalue weighted by Crippen LogP contribution is 2.40. The number of halogens is 1. The first-order valence-electron chi connectivity index (χ1n) is 9.96. The molecular formula is C23H23ClN6OS. The highest BCUT2D eigenvalue weighted by molar-refractivity contribution is 7.17. The Bertz CT molecular complexity index is 1230. The zero-order chi connectivity index (χ0) is 23.0. The number of pyridine rings is 1. The van der Waals surface area contributed by atoms with Crippen molar-refractivity contribution >= 4 is 45.4 Å². The molecule has 3 aromatic rings. The van der Waals surface area contributed by atoms with Crippen LogP contribution in [0.25, 0.3) is 0 Å². The van der Waals surface area contributed by atoms with Gasteiger partial charge in [0.2, 0.25) is 5.96 Å². The van der Waals surface area contributed by atoms with Crippen molar-refractivity contribution in [2.75, 3.05) is 12.0 Å². The molecule has 164 valence electrons. The lowest BCUT2D eigenvalue weighted by molar-refractivity contribution is 0.379. The van der Waals surface area contributed by atoms with Crippen LogP contribution in [0.4, 0.5) is 5.00 Å². The third kappa shape index (κ3) is 3.87. The summed E-state index contributed by atoms with van der Waals surface area (Å²) in [6.07, 6.45) is 1.69. The number of fused-ring (bicyclic) bond motifs is 1. The summed E-state index contributed by atoms with van der Waals surface area (Å²) in [5.74, 6) is 0.937. The van der Waals surface area contributed by atoms with Crippen LogP contribution in [0.2, 0.25) is 5.02 Å². The van der Waals surface area contributed by atoms with Crippen molar-refractivity contribution in [3.8, 4) is 5.75 Å². The van der Waals surface area contributed by atoms with E-state index in [4.69, 9.17) is 32.3 Å². The lowest BCUT2D eigenvalue weighted by Gasteiger charge is -2.27. The molecular weight excluding hydrogens is 444 g/mol. The summed E-state index contributed by atoms with van der Waals surface area (Å²) in [7, 11) is 1.59. The Morgan fingerprint density at radius 3 is 2.56 bits per heavy atom. The molecule has 0 bridgehead atoms. The van der Waals surface area contributed by atoms with E-state index in [-0.39, 0.29) is 18.3 Å². The Labute approximate surface area is 195 Å². The van der Waals surface area contributed by atoms with Crippen LogP contribution in [0.1, 0.15) is 34.2 Å². The van der Waals surface area contributed by atoms with Gasteiger partial charge in [0, 0.05) is 27.2 Å². The van der Waals surface area contributed by atoms with Crippen LogP contribution >= 0.6 is 22.9 Å². The van der Waals surface area contributed by atoms with Gasteiger partial charge in [-0.3, -0.25) is 20.7 Å². The molecule has 1 aliphatic rings. The number of hydrogen-bond acceptors (Lipinski definition) is 6. The Hall–Kier alpha value is -3.23. The standard InChI is InChI=1S/C23H23ClN6OS/c1-13-14(2)32-22-20(13)21(16-7-9-17(24)10-8-16)28-29(23(26)30(22)15(3)25)12-18-19(31-4)6-5-11-27-18/h5-11,25-26H,12H2,1-4H3. The first-order chi connectivity index (χ1) is 15.3. The number of nitrogens with one attached hydrogen (secondary N) is 2. The summed E-state index contributed by atoms with van der Waals surface area (Å²) >= 11 is 7.69. The van der Waals surface area contributed by atoms with Crippen molar-refractivity contribution in [1.29, 1.82) is 10.8 Å². The van der Waals surface area contributed by atoms with Crippen LogP contribution < -0.4 is 9.64 Å². The quantitative estimate of drug-likeness (QED) is 0.396. The molecule has 0 radical (unpaired) electrons. The second-order valence-corrected chi connectivity index (χ2v) is 9.01. The van der Waals surface area contributed by atoms with E-state index >= 15 is 0 Å². The number of benzene rings is 1. The van der Waals surface area contributed by atoms with Gasteiger partial charge in [-0.25, -0.2) is 5.01 Å². The van der Waals surface area contributed by atoms with E-state index in [0.29, 0.717) is 16.5 Å². The number of hydrazone groups is 1. The molecule has 0 atom stereocenters. The molecule has 1 aromatic carbocycles. The first kappa shape index (κ1) is 22.0. The average Bonchev–Trinajstić information content (AvgIpc) is 2.98. The third-order valence-corrected chi connectivity index (χ3v) is 6.75. The van der Waals surface area contributed by atoms with Crippen molar-refractivity contribution in [2.24, 2.45) is 5.10 Å². The normalized spacial score (nSPS) is 13.5. The van der Waals surface area contributed by atoms with Crippen molar-refractivity contribution in [3.05, 3.63) is 74.9 Å². The summed E-state index contributed by atoms with van der Waals surface area (Å²) in [6.45, 7) is 5.99. The van der Waals surface area contributed by atoms with Gasteiger partial charge in [-0.2, -0.15) is 5.10 Å². The van der Waals surface area contributed by atoms with E-state index in [1.54, 1.807) is 47.5 Å². The number of anilines is 1. The number of aromatic nitrogens is 1. The van der Waals surface area contributed by atoms with Crippen molar-refractivity contribution in [2.45, 2.75) is 27.3 Å². The predicted octanol–water partition coefficient (Wildman–Crippen LogP) is 5.43. The minimum absolute atomic E-state index is 0.0802. The number of rotatable bonds is 4. The molecule has 9 heteroatoms. The van der Waals surface area contributed by atoms with Crippen LogP contribution in [-0.4, -0.2) is 34.6 Å². The molecule has 4 rings (SSSR count). The Kier molecular flexibility index (Phi) is 5.99. The zero-order valence-corrected chi connectivity index (χ0v) is 19.8. The van der Waals surface area contributed by atoms with E-state index in [2.05, 4.69) is 11.9 Å². The summed E-state index contributed by atoms with van der Waals surface area (Å²) in [6, 6.07) is 11.1. The van der Waals surface area contributed by atoms with Gasteiger partial charge >= 0.3 is 0 Å². The van der Waals surface area contributed by atoms with Crippen LogP contribution in [0.15, 0.2) is 47.7 Å². The number of thiophene rings is 1. The fourth-order valence-corrected chi connectivity index (χ4v) is 4.91. The molecule has 3 heterocycles. The number of amidine groups is 1. The highest BCUT2D eigenvalue weighted by atomic mass is 35.5. The summed E-state index contributed by atoms with van der Waals surface area (Å²) in [5.41, 5.74) is 4.25. The monoisotopic (exact) mass is 466 g/mol. The number of hydrogen-bond donors (Lipinski definition) is 2. The van der Waals surface area contributed by atoms with E-state index in [0.717, 1.165) is 32.3 Å². The van der Waals surface area contributed by atoms with Crippen molar-refractivity contribution in [1.82, 2.24) is 9.99 Å². The maximum absolute atomic E-state index is 8.97. The maximum atomic E-state index is 8.97. The highest BCUT2D eigenvalue weighted by Gasteiger charge is 2.33. The molecule has 0 unspecified atom stereocenters. The van der Waals surface area contributed by atoms with Gasteiger partial charge in [-0.15, -0.1) is 11.3 Å². The first-order valence-corrected chi connectivity index (χ1v) is 11.2. The molecule has 7 nitrogen and oxygen atoms in total.